The number of rotatable bonds is 3. The van der Waals surface area contributed by atoms with Crippen molar-refractivity contribution in [3.05, 3.63) is 35.9 Å². The molecule has 0 saturated carbocycles. The first-order valence-corrected chi connectivity index (χ1v) is 8.06. The number of pyridine rings is 1. The molecule has 6 heteroatoms. The Bertz CT molecular complexity index is 676. The van der Waals surface area contributed by atoms with Crippen molar-refractivity contribution in [2.45, 2.75) is 39.2 Å². The zero-order valence-electron chi connectivity index (χ0n) is 13.7. The Morgan fingerprint density at radius 1 is 1.22 bits per heavy atom. The third-order valence-corrected chi connectivity index (χ3v) is 4.18. The first-order chi connectivity index (χ1) is 11.1. The van der Waals surface area contributed by atoms with Gasteiger partial charge >= 0.3 is 0 Å². The minimum atomic E-state index is 0.191. The molecule has 0 bridgehead atoms. The van der Waals surface area contributed by atoms with E-state index in [1.54, 1.807) is 12.5 Å². The normalized spacial score (nSPS) is 18.6. The summed E-state index contributed by atoms with van der Waals surface area (Å²) in [6.45, 7) is 5.70. The van der Waals surface area contributed by atoms with Crippen LogP contribution in [0.1, 0.15) is 30.5 Å². The van der Waals surface area contributed by atoms with Gasteiger partial charge in [-0.25, -0.2) is 9.97 Å². The molecule has 0 aliphatic carbocycles. The van der Waals surface area contributed by atoms with Gasteiger partial charge in [0, 0.05) is 25.3 Å². The molecule has 3 rings (SSSR count). The van der Waals surface area contributed by atoms with Crippen LogP contribution in [-0.2, 0) is 0 Å². The van der Waals surface area contributed by atoms with Gasteiger partial charge in [0.15, 0.2) is 5.75 Å². The molecule has 23 heavy (non-hydrogen) atoms. The highest BCUT2D eigenvalue weighted by Gasteiger charge is 2.20. The van der Waals surface area contributed by atoms with Crippen LogP contribution >= 0.6 is 0 Å². The van der Waals surface area contributed by atoms with Gasteiger partial charge in [-0.15, -0.1) is 0 Å². The molecule has 1 fully saturated rings. The van der Waals surface area contributed by atoms with Gasteiger partial charge in [-0.1, -0.05) is 6.42 Å². The summed E-state index contributed by atoms with van der Waals surface area (Å²) < 4.78 is 5.96. The number of nitrogens with zero attached hydrogens (tertiary/aromatic N) is 4. The molecule has 0 unspecified atom stereocenters. The summed E-state index contributed by atoms with van der Waals surface area (Å²) in [5.41, 5.74) is 7.94. The summed E-state index contributed by atoms with van der Waals surface area (Å²) >= 11 is 0. The largest absolute Gasteiger partial charge is 0.437 e. The van der Waals surface area contributed by atoms with E-state index in [4.69, 9.17) is 10.5 Å². The fraction of sp³-hybridized carbons (Fsp3) is 0.471. The molecule has 0 spiro atoms. The van der Waals surface area contributed by atoms with Crippen LogP contribution in [0.15, 0.2) is 24.7 Å². The summed E-state index contributed by atoms with van der Waals surface area (Å²) in [4.78, 5) is 15.3. The van der Waals surface area contributed by atoms with E-state index in [1.165, 1.54) is 6.42 Å². The first kappa shape index (κ1) is 15.7. The van der Waals surface area contributed by atoms with E-state index < -0.39 is 0 Å². The third-order valence-electron chi connectivity index (χ3n) is 4.18. The lowest BCUT2D eigenvalue weighted by Gasteiger charge is -2.25. The van der Waals surface area contributed by atoms with Crippen LogP contribution in [0, 0.1) is 13.8 Å². The summed E-state index contributed by atoms with van der Waals surface area (Å²) in [5.74, 6) is 2.20. The van der Waals surface area contributed by atoms with E-state index in [-0.39, 0.29) is 6.04 Å². The van der Waals surface area contributed by atoms with Crippen molar-refractivity contribution >= 4 is 5.82 Å². The Labute approximate surface area is 136 Å². The highest BCUT2D eigenvalue weighted by Crippen LogP contribution is 2.30. The van der Waals surface area contributed by atoms with E-state index in [9.17, 15) is 0 Å². The topological polar surface area (TPSA) is 77.2 Å². The third kappa shape index (κ3) is 3.59. The van der Waals surface area contributed by atoms with E-state index in [1.807, 2.05) is 26.0 Å². The maximum Gasteiger partial charge on any atom is 0.227 e. The van der Waals surface area contributed by atoms with Crippen molar-refractivity contribution in [3.8, 4) is 11.6 Å². The lowest BCUT2D eigenvalue weighted by Crippen LogP contribution is -2.36. The second kappa shape index (κ2) is 6.91. The molecule has 1 aliphatic heterocycles. The van der Waals surface area contributed by atoms with E-state index in [0.29, 0.717) is 11.6 Å². The predicted octanol–water partition coefficient (Wildman–Crippen LogP) is 2.60. The Morgan fingerprint density at radius 2 is 2.09 bits per heavy atom. The SMILES string of the molecule is Cc1ncccc1Oc1ncnc(N2CCCC[C@@H](N)C2)c1C. The predicted molar refractivity (Wildman–Crippen MR) is 89.9 cm³/mol. The highest BCUT2D eigenvalue weighted by molar-refractivity contribution is 5.51. The Balaban J connectivity index is 1.87. The number of ether oxygens (including phenoxy) is 1. The van der Waals surface area contributed by atoms with E-state index >= 15 is 0 Å². The lowest BCUT2D eigenvalue weighted by atomic mass is 10.2. The van der Waals surface area contributed by atoms with E-state index in [0.717, 1.165) is 43.0 Å². The standard InChI is InChI=1S/C17H23N5O/c1-12-16(22-9-4-3-6-14(18)10-22)20-11-21-17(12)23-15-7-5-8-19-13(15)2/h5,7-8,11,14H,3-4,6,9-10,18H2,1-2H3/t14-/m1/s1. The molecule has 6 nitrogen and oxygen atoms in total. The highest BCUT2D eigenvalue weighted by atomic mass is 16.5. The van der Waals surface area contributed by atoms with Crippen LogP contribution in [0.25, 0.3) is 0 Å². The van der Waals surface area contributed by atoms with Gasteiger partial charge in [0.1, 0.15) is 12.1 Å². The zero-order chi connectivity index (χ0) is 16.2. The average Bonchev–Trinajstić information content (AvgIpc) is 2.76. The smallest absolute Gasteiger partial charge is 0.227 e. The fourth-order valence-electron chi connectivity index (χ4n) is 2.90. The van der Waals surface area contributed by atoms with Gasteiger partial charge in [0.25, 0.3) is 0 Å². The monoisotopic (exact) mass is 313 g/mol. The molecule has 122 valence electrons. The van der Waals surface area contributed by atoms with Gasteiger partial charge in [0.05, 0.1) is 11.3 Å². The van der Waals surface area contributed by atoms with Crippen molar-refractivity contribution in [2.24, 2.45) is 5.73 Å². The molecule has 3 heterocycles. The summed E-state index contributed by atoms with van der Waals surface area (Å²) in [7, 11) is 0. The van der Waals surface area contributed by atoms with Crippen molar-refractivity contribution < 1.29 is 4.74 Å². The molecule has 2 aromatic heterocycles. The van der Waals surface area contributed by atoms with Crippen molar-refractivity contribution in [2.75, 3.05) is 18.0 Å². The number of aromatic nitrogens is 3. The van der Waals surface area contributed by atoms with Crippen LogP contribution in [-0.4, -0.2) is 34.1 Å². The van der Waals surface area contributed by atoms with Crippen LogP contribution in [0.3, 0.4) is 0 Å². The number of hydrogen-bond donors (Lipinski definition) is 1. The fourth-order valence-corrected chi connectivity index (χ4v) is 2.90. The summed E-state index contributed by atoms with van der Waals surface area (Å²) in [6, 6.07) is 3.94. The molecule has 0 amide bonds. The van der Waals surface area contributed by atoms with Gasteiger partial charge < -0.3 is 15.4 Å². The maximum absolute atomic E-state index is 6.17. The Hall–Kier alpha value is -2.21. The molecular formula is C17H23N5O. The number of anilines is 1. The number of aryl methyl sites for hydroxylation is 1. The molecule has 1 atom stereocenters. The minimum Gasteiger partial charge on any atom is -0.437 e. The molecule has 1 saturated heterocycles. The average molecular weight is 313 g/mol. The molecular weight excluding hydrogens is 290 g/mol. The molecule has 2 aromatic rings. The van der Waals surface area contributed by atoms with E-state index in [2.05, 4.69) is 19.9 Å². The zero-order valence-corrected chi connectivity index (χ0v) is 13.7. The Morgan fingerprint density at radius 3 is 2.91 bits per heavy atom. The second-order valence-electron chi connectivity index (χ2n) is 6.02. The van der Waals surface area contributed by atoms with Crippen LogP contribution in [0.2, 0.25) is 0 Å². The van der Waals surface area contributed by atoms with Crippen LogP contribution in [0.5, 0.6) is 11.6 Å². The number of nitrogens with two attached hydrogens (primary N) is 1. The van der Waals surface area contributed by atoms with Gasteiger partial charge in [-0.05, 0) is 38.8 Å². The molecule has 1 aliphatic rings. The lowest BCUT2D eigenvalue weighted by molar-refractivity contribution is 0.451. The summed E-state index contributed by atoms with van der Waals surface area (Å²) in [5, 5.41) is 0. The van der Waals surface area contributed by atoms with Crippen LogP contribution in [0.4, 0.5) is 5.82 Å². The summed E-state index contributed by atoms with van der Waals surface area (Å²) in [6.07, 6.45) is 6.67. The first-order valence-electron chi connectivity index (χ1n) is 8.06. The maximum atomic E-state index is 6.17. The van der Waals surface area contributed by atoms with Crippen molar-refractivity contribution in [1.29, 1.82) is 0 Å². The second-order valence-corrected chi connectivity index (χ2v) is 6.02. The molecule has 2 N–H and O–H groups in total. The van der Waals surface area contributed by atoms with Crippen molar-refractivity contribution in [1.82, 2.24) is 15.0 Å². The number of hydrogen-bond acceptors (Lipinski definition) is 6. The van der Waals surface area contributed by atoms with Crippen molar-refractivity contribution in [3.63, 3.8) is 0 Å². The Kier molecular flexibility index (Phi) is 4.71. The van der Waals surface area contributed by atoms with Gasteiger partial charge in [-0.2, -0.15) is 0 Å². The van der Waals surface area contributed by atoms with Crippen LogP contribution < -0.4 is 15.4 Å². The molecule has 0 aromatic carbocycles. The van der Waals surface area contributed by atoms with Gasteiger partial charge in [-0.3, -0.25) is 4.98 Å². The quantitative estimate of drug-likeness (QED) is 0.938. The minimum absolute atomic E-state index is 0.191. The molecule has 0 radical (unpaired) electrons. The van der Waals surface area contributed by atoms with Gasteiger partial charge in [0.2, 0.25) is 5.88 Å².